The quantitative estimate of drug-likeness (QED) is 0.923. The summed E-state index contributed by atoms with van der Waals surface area (Å²) < 4.78 is 0. The lowest BCUT2D eigenvalue weighted by molar-refractivity contribution is 0.0425. The van der Waals surface area contributed by atoms with E-state index in [0.29, 0.717) is 6.54 Å². The van der Waals surface area contributed by atoms with Gasteiger partial charge in [-0.3, -0.25) is 9.69 Å². The van der Waals surface area contributed by atoms with Gasteiger partial charge in [-0.2, -0.15) is 0 Å². The summed E-state index contributed by atoms with van der Waals surface area (Å²) in [5.41, 5.74) is 8.83. The topological polar surface area (TPSA) is 49.6 Å². The van der Waals surface area contributed by atoms with Gasteiger partial charge in [-0.25, -0.2) is 0 Å². The molecule has 4 nitrogen and oxygen atoms in total. The van der Waals surface area contributed by atoms with E-state index in [1.807, 2.05) is 36.9 Å². The van der Waals surface area contributed by atoms with Gasteiger partial charge in [0, 0.05) is 43.8 Å². The Bertz CT molecular complexity index is 497. The van der Waals surface area contributed by atoms with Crippen molar-refractivity contribution < 1.29 is 4.79 Å². The Hall–Kier alpha value is -1.39. The van der Waals surface area contributed by atoms with Crippen LogP contribution in [-0.2, 0) is 0 Å². The van der Waals surface area contributed by atoms with Crippen molar-refractivity contribution in [2.45, 2.75) is 33.2 Å². The molecule has 1 aliphatic rings. The molecule has 1 amide bonds. The Morgan fingerprint density at radius 1 is 1.14 bits per heavy atom. The molecular weight excluding hydrogens is 262 g/mol. The van der Waals surface area contributed by atoms with E-state index in [4.69, 9.17) is 5.73 Å². The predicted molar refractivity (Wildman–Crippen MR) is 86.5 cm³/mol. The number of hydrogen-bond acceptors (Lipinski definition) is 3. The third-order valence-electron chi connectivity index (χ3n) is 4.62. The minimum absolute atomic E-state index is 0.00766. The van der Waals surface area contributed by atoms with Crippen molar-refractivity contribution in [3.05, 3.63) is 34.9 Å². The van der Waals surface area contributed by atoms with Gasteiger partial charge in [-0.05, 0) is 38.8 Å². The predicted octanol–water partition coefficient (Wildman–Crippen LogP) is 1.80. The Kier molecular flexibility index (Phi) is 4.69. The zero-order valence-corrected chi connectivity index (χ0v) is 13.6. The summed E-state index contributed by atoms with van der Waals surface area (Å²) >= 11 is 0. The first-order chi connectivity index (χ1) is 9.86. The molecule has 0 aromatic heterocycles. The van der Waals surface area contributed by atoms with Gasteiger partial charge in [0.25, 0.3) is 5.91 Å². The van der Waals surface area contributed by atoms with Crippen molar-refractivity contribution in [3.8, 4) is 0 Å². The van der Waals surface area contributed by atoms with E-state index in [2.05, 4.69) is 18.7 Å². The van der Waals surface area contributed by atoms with E-state index >= 15 is 0 Å². The molecule has 0 atom stereocenters. The molecule has 2 rings (SSSR count). The lowest BCUT2D eigenvalue weighted by Crippen LogP contribution is -2.58. The maximum Gasteiger partial charge on any atom is 0.254 e. The molecular formula is C17H27N3O. The number of piperazine rings is 1. The molecule has 2 N–H and O–H groups in total. The Morgan fingerprint density at radius 3 is 2.14 bits per heavy atom. The maximum atomic E-state index is 12.7. The van der Waals surface area contributed by atoms with Crippen LogP contribution >= 0.6 is 0 Å². The highest BCUT2D eigenvalue weighted by Gasteiger charge is 2.30. The summed E-state index contributed by atoms with van der Waals surface area (Å²) in [7, 11) is 0. The van der Waals surface area contributed by atoms with E-state index in [1.54, 1.807) is 0 Å². The van der Waals surface area contributed by atoms with Crippen molar-refractivity contribution in [3.63, 3.8) is 0 Å². The lowest BCUT2D eigenvalue weighted by atomic mass is 10.00. The second-order valence-electron chi connectivity index (χ2n) is 6.56. The summed E-state index contributed by atoms with van der Waals surface area (Å²) in [6, 6.07) is 6.02. The number of rotatable bonds is 3. The minimum Gasteiger partial charge on any atom is -0.336 e. The first-order valence-electron chi connectivity index (χ1n) is 7.67. The maximum absolute atomic E-state index is 12.7. The SMILES string of the molecule is Cc1cccc(C)c1C(=O)N1CCN(C(C)(C)CN)CC1. The number of nitrogens with zero attached hydrogens (tertiary/aromatic N) is 2. The van der Waals surface area contributed by atoms with Gasteiger partial charge in [0.1, 0.15) is 0 Å². The van der Waals surface area contributed by atoms with E-state index in [1.165, 1.54) is 0 Å². The molecule has 0 unspecified atom stereocenters. The molecule has 1 fully saturated rings. The third kappa shape index (κ3) is 3.27. The molecule has 1 heterocycles. The zero-order chi connectivity index (χ0) is 15.6. The summed E-state index contributed by atoms with van der Waals surface area (Å²) in [6.45, 7) is 12.3. The Balaban J connectivity index is 2.07. The molecule has 0 bridgehead atoms. The van der Waals surface area contributed by atoms with Crippen LogP contribution < -0.4 is 5.73 Å². The molecule has 0 spiro atoms. The highest BCUT2D eigenvalue weighted by Crippen LogP contribution is 2.20. The van der Waals surface area contributed by atoms with Gasteiger partial charge >= 0.3 is 0 Å². The monoisotopic (exact) mass is 289 g/mol. The number of hydrogen-bond donors (Lipinski definition) is 1. The molecule has 1 saturated heterocycles. The smallest absolute Gasteiger partial charge is 0.254 e. The van der Waals surface area contributed by atoms with Gasteiger partial charge < -0.3 is 10.6 Å². The van der Waals surface area contributed by atoms with Crippen LogP contribution in [0.25, 0.3) is 0 Å². The second kappa shape index (κ2) is 6.16. The third-order valence-corrected chi connectivity index (χ3v) is 4.62. The second-order valence-corrected chi connectivity index (χ2v) is 6.56. The van der Waals surface area contributed by atoms with Crippen molar-refractivity contribution >= 4 is 5.91 Å². The van der Waals surface area contributed by atoms with E-state index in [-0.39, 0.29) is 11.4 Å². The zero-order valence-electron chi connectivity index (χ0n) is 13.6. The van der Waals surface area contributed by atoms with E-state index < -0.39 is 0 Å². The summed E-state index contributed by atoms with van der Waals surface area (Å²) in [4.78, 5) is 17.1. The van der Waals surface area contributed by atoms with Crippen LogP contribution in [0.2, 0.25) is 0 Å². The highest BCUT2D eigenvalue weighted by atomic mass is 16.2. The van der Waals surface area contributed by atoms with Crippen LogP contribution in [0.4, 0.5) is 0 Å². The number of aryl methyl sites for hydroxylation is 2. The average Bonchev–Trinajstić information content (AvgIpc) is 2.47. The molecule has 21 heavy (non-hydrogen) atoms. The summed E-state index contributed by atoms with van der Waals surface area (Å²) in [6.07, 6.45) is 0. The van der Waals surface area contributed by atoms with Gasteiger partial charge in [0.15, 0.2) is 0 Å². The van der Waals surface area contributed by atoms with Crippen LogP contribution in [-0.4, -0.2) is 54.0 Å². The molecule has 0 radical (unpaired) electrons. The fourth-order valence-corrected chi connectivity index (χ4v) is 2.95. The van der Waals surface area contributed by atoms with Crippen LogP contribution in [0.3, 0.4) is 0 Å². The van der Waals surface area contributed by atoms with Crippen LogP contribution in [0.1, 0.15) is 35.3 Å². The van der Waals surface area contributed by atoms with Gasteiger partial charge in [-0.15, -0.1) is 0 Å². The largest absolute Gasteiger partial charge is 0.336 e. The van der Waals surface area contributed by atoms with Gasteiger partial charge in [0.05, 0.1) is 0 Å². The fourth-order valence-electron chi connectivity index (χ4n) is 2.95. The normalized spacial score (nSPS) is 17.1. The van der Waals surface area contributed by atoms with E-state index in [0.717, 1.165) is 42.9 Å². The van der Waals surface area contributed by atoms with Gasteiger partial charge in [-0.1, -0.05) is 18.2 Å². The number of nitrogens with two attached hydrogens (primary N) is 1. The number of benzene rings is 1. The molecule has 1 aliphatic heterocycles. The lowest BCUT2D eigenvalue weighted by Gasteiger charge is -2.43. The minimum atomic E-state index is 0.00766. The summed E-state index contributed by atoms with van der Waals surface area (Å²) in [5.74, 6) is 0.163. The first-order valence-corrected chi connectivity index (χ1v) is 7.67. The Labute approximate surface area is 127 Å². The molecule has 116 valence electrons. The first kappa shape index (κ1) is 16.0. The standard InChI is InChI=1S/C17H27N3O/c1-13-6-5-7-14(2)15(13)16(21)19-8-10-20(11-9-19)17(3,4)12-18/h5-7H,8-12,18H2,1-4H3. The molecule has 0 saturated carbocycles. The van der Waals surface area contributed by atoms with Crippen molar-refractivity contribution in [1.82, 2.24) is 9.80 Å². The average molecular weight is 289 g/mol. The fraction of sp³-hybridized carbons (Fsp3) is 0.588. The number of carbonyl (C=O) groups excluding carboxylic acids is 1. The Morgan fingerprint density at radius 2 is 1.67 bits per heavy atom. The molecule has 1 aromatic rings. The van der Waals surface area contributed by atoms with Crippen molar-refractivity contribution in [2.24, 2.45) is 5.73 Å². The molecule has 1 aromatic carbocycles. The molecule has 0 aliphatic carbocycles. The number of amides is 1. The van der Waals surface area contributed by atoms with Crippen LogP contribution in [0.15, 0.2) is 18.2 Å². The van der Waals surface area contributed by atoms with Crippen molar-refractivity contribution in [2.75, 3.05) is 32.7 Å². The van der Waals surface area contributed by atoms with Crippen LogP contribution in [0.5, 0.6) is 0 Å². The van der Waals surface area contributed by atoms with Crippen molar-refractivity contribution in [1.29, 1.82) is 0 Å². The number of carbonyl (C=O) groups is 1. The molecule has 4 heteroatoms. The van der Waals surface area contributed by atoms with Crippen LogP contribution in [0, 0.1) is 13.8 Å². The summed E-state index contributed by atoms with van der Waals surface area (Å²) in [5, 5.41) is 0. The van der Waals surface area contributed by atoms with E-state index in [9.17, 15) is 4.79 Å². The highest BCUT2D eigenvalue weighted by molar-refractivity contribution is 5.97. The van der Waals surface area contributed by atoms with Gasteiger partial charge in [0.2, 0.25) is 0 Å².